The lowest BCUT2D eigenvalue weighted by Gasteiger charge is -2.38. The molecule has 2 aromatic heterocycles. The average Bonchev–Trinajstić information content (AvgIpc) is 3.21. The quantitative estimate of drug-likeness (QED) is 0.482. The topological polar surface area (TPSA) is 134 Å². The van der Waals surface area contributed by atoms with E-state index in [1.807, 2.05) is 0 Å². The monoisotopic (exact) mass is 412 g/mol. The third-order valence-electron chi connectivity index (χ3n) is 5.55. The highest BCUT2D eigenvalue weighted by Gasteiger charge is 2.39. The number of hydrogen-bond donors (Lipinski definition) is 4. The summed E-state index contributed by atoms with van der Waals surface area (Å²) in [6.45, 7) is 0. The zero-order chi connectivity index (χ0) is 21.3. The van der Waals surface area contributed by atoms with Crippen molar-refractivity contribution in [1.29, 1.82) is 0 Å². The molecule has 10 heteroatoms. The molecule has 0 saturated heterocycles. The maximum atomic E-state index is 12.5. The standard InChI is InChI=1S/C20H24N6O4/c1-21-18-15-19(23-9-22-18)26(10-24-15)14-8-7-13(16(27)17(14)28)25-20(29)11-3-5-12(30-2)6-4-11/h3-6,9-10,13-14,16-17,27-28H,7-8H2,1-2H3,(H,25,29)(H,21,22,23)/t13-,14-,16-,17-/m1/s1. The molecule has 1 saturated carbocycles. The molecular weight excluding hydrogens is 388 g/mol. The number of nitrogens with zero attached hydrogens (tertiary/aromatic N) is 4. The minimum absolute atomic E-state index is 0.313. The van der Waals surface area contributed by atoms with E-state index in [2.05, 4.69) is 25.6 Å². The number of ether oxygens (including phenoxy) is 1. The summed E-state index contributed by atoms with van der Waals surface area (Å²) in [6, 6.07) is 5.71. The Morgan fingerprint density at radius 2 is 1.90 bits per heavy atom. The second-order valence-corrected chi connectivity index (χ2v) is 7.23. The fraction of sp³-hybridized carbons (Fsp3) is 0.400. The molecule has 1 aliphatic rings. The average molecular weight is 412 g/mol. The molecule has 4 rings (SSSR count). The lowest BCUT2D eigenvalue weighted by molar-refractivity contribution is -0.0552. The van der Waals surface area contributed by atoms with Gasteiger partial charge in [-0.15, -0.1) is 0 Å². The Bertz CT molecular complexity index is 1040. The molecule has 0 radical (unpaired) electrons. The molecule has 3 aromatic rings. The van der Waals surface area contributed by atoms with Crippen molar-refractivity contribution in [2.75, 3.05) is 19.5 Å². The normalized spacial score (nSPS) is 23.9. The smallest absolute Gasteiger partial charge is 0.251 e. The van der Waals surface area contributed by atoms with Gasteiger partial charge in [0.05, 0.1) is 25.5 Å². The fourth-order valence-electron chi connectivity index (χ4n) is 3.89. The Balaban J connectivity index is 1.49. The van der Waals surface area contributed by atoms with Gasteiger partial charge >= 0.3 is 0 Å². The molecule has 1 aromatic carbocycles. The largest absolute Gasteiger partial charge is 0.497 e. The zero-order valence-corrected chi connectivity index (χ0v) is 16.7. The van der Waals surface area contributed by atoms with E-state index in [4.69, 9.17) is 4.74 Å². The van der Waals surface area contributed by atoms with Crippen LogP contribution in [0.4, 0.5) is 5.82 Å². The third-order valence-corrected chi connectivity index (χ3v) is 5.55. The van der Waals surface area contributed by atoms with Gasteiger partial charge in [0.15, 0.2) is 11.5 Å². The van der Waals surface area contributed by atoms with E-state index >= 15 is 0 Å². The summed E-state index contributed by atoms with van der Waals surface area (Å²) in [5, 5.41) is 27.3. The van der Waals surface area contributed by atoms with Crippen LogP contribution < -0.4 is 15.4 Å². The summed E-state index contributed by atoms with van der Waals surface area (Å²) in [5.74, 6) is 0.932. The molecule has 30 heavy (non-hydrogen) atoms. The lowest BCUT2D eigenvalue weighted by atomic mass is 9.85. The molecule has 0 bridgehead atoms. The Hall–Kier alpha value is -3.24. The van der Waals surface area contributed by atoms with Crippen molar-refractivity contribution in [1.82, 2.24) is 24.8 Å². The second-order valence-electron chi connectivity index (χ2n) is 7.23. The molecule has 4 N–H and O–H groups in total. The van der Waals surface area contributed by atoms with Gasteiger partial charge in [-0.2, -0.15) is 0 Å². The number of aliphatic hydroxyl groups is 2. The highest BCUT2D eigenvalue weighted by atomic mass is 16.5. The van der Waals surface area contributed by atoms with Gasteiger partial charge in [-0.1, -0.05) is 0 Å². The maximum Gasteiger partial charge on any atom is 0.251 e. The Kier molecular flexibility index (Phi) is 5.51. The van der Waals surface area contributed by atoms with Gasteiger partial charge in [-0.05, 0) is 37.1 Å². The van der Waals surface area contributed by atoms with Crippen LogP contribution in [0.25, 0.3) is 11.2 Å². The molecule has 0 spiro atoms. The van der Waals surface area contributed by atoms with Crippen molar-refractivity contribution in [3.63, 3.8) is 0 Å². The predicted molar refractivity (Wildman–Crippen MR) is 109 cm³/mol. The number of methoxy groups -OCH3 is 1. The highest BCUT2D eigenvalue weighted by Crippen LogP contribution is 2.32. The Morgan fingerprint density at radius 3 is 2.60 bits per heavy atom. The molecule has 0 unspecified atom stereocenters. The van der Waals surface area contributed by atoms with Crippen LogP contribution >= 0.6 is 0 Å². The summed E-state index contributed by atoms with van der Waals surface area (Å²) in [6.07, 6.45) is 1.83. The maximum absolute atomic E-state index is 12.5. The Morgan fingerprint density at radius 1 is 1.13 bits per heavy atom. The van der Waals surface area contributed by atoms with Crippen molar-refractivity contribution in [2.24, 2.45) is 0 Å². The molecular formula is C20H24N6O4. The number of aromatic nitrogens is 4. The van der Waals surface area contributed by atoms with Crippen LogP contribution in [0, 0.1) is 0 Å². The van der Waals surface area contributed by atoms with E-state index in [0.29, 0.717) is 41.1 Å². The van der Waals surface area contributed by atoms with Gasteiger partial charge in [0, 0.05) is 12.6 Å². The highest BCUT2D eigenvalue weighted by molar-refractivity contribution is 5.94. The van der Waals surface area contributed by atoms with Gasteiger partial charge in [0.1, 0.15) is 29.8 Å². The summed E-state index contributed by atoms with van der Waals surface area (Å²) in [5.41, 5.74) is 1.62. The van der Waals surface area contributed by atoms with E-state index in [-0.39, 0.29) is 5.91 Å². The number of amides is 1. The number of carbonyl (C=O) groups excluding carboxylic acids is 1. The summed E-state index contributed by atoms with van der Waals surface area (Å²) < 4.78 is 6.85. The number of nitrogens with one attached hydrogen (secondary N) is 2. The summed E-state index contributed by atoms with van der Waals surface area (Å²) in [4.78, 5) is 25.3. The molecule has 0 aliphatic heterocycles. The first-order valence-corrected chi connectivity index (χ1v) is 9.69. The summed E-state index contributed by atoms with van der Waals surface area (Å²) in [7, 11) is 3.30. The number of benzene rings is 1. The fourth-order valence-corrected chi connectivity index (χ4v) is 3.89. The number of anilines is 1. The first kappa shape index (κ1) is 20.0. The van der Waals surface area contributed by atoms with E-state index in [9.17, 15) is 15.0 Å². The molecule has 158 valence electrons. The molecule has 1 fully saturated rings. The van der Waals surface area contributed by atoms with Crippen LogP contribution in [-0.2, 0) is 0 Å². The number of fused-ring (bicyclic) bond motifs is 1. The first-order chi connectivity index (χ1) is 14.5. The van der Waals surface area contributed by atoms with Crippen LogP contribution in [-0.4, -0.2) is 68.0 Å². The first-order valence-electron chi connectivity index (χ1n) is 9.69. The van der Waals surface area contributed by atoms with Gasteiger partial charge in [0.2, 0.25) is 0 Å². The van der Waals surface area contributed by atoms with E-state index in [1.54, 1.807) is 49.3 Å². The third kappa shape index (κ3) is 3.55. The van der Waals surface area contributed by atoms with Gasteiger partial charge in [0.25, 0.3) is 5.91 Å². The molecule has 1 amide bonds. The number of aliphatic hydroxyl groups excluding tert-OH is 2. The van der Waals surface area contributed by atoms with Crippen molar-refractivity contribution in [3.05, 3.63) is 42.5 Å². The molecule has 2 heterocycles. The molecule has 4 atom stereocenters. The van der Waals surface area contributed by atoms with Crippen LogP contribution in [0.3, 0.4) is 0 Å². The number of hydrogen-bond acceptors (Lipinski definition) is 8. The lowest BCUT2D eigenvalue weighted by Crippen LogP contribution is -2.54. The van der Waals surface area contributed by atoms with Crippen LogP contribution in [0.15, 0.2) is 36.9 Å². The second kappa shape index (κ2) is 8.25. The number of carbonyl (C=O) groups is 1. The van der Waals surface area contributed by atoms with Crippen molar-refractivity contribution in [3.8, 4) is 5.75 Å². The SMILES string of the molecule is CNc1ncnc2c1ncn2[C@@H]1CC[C@@H](NC(=O)c2ccc(OC)cc2)[C@@H](O)[C@@H]1O. The number of imidazole rings is 1. The van der Waals surface area contributed by atoms with E-state index in [1.165, 1.54) is 6.33 Å². The Labute approximate surface area is 172 Å². The molecule has 10 nitrogen and oxygen atoms in total. The van der Waals surface area contributed by atoms with Crippen molar-refractivity contribution >= 4 is 22.9 Å². The zero-order valence-electron chi connectivity index (χ0n) is 16.7. The molecule has 1 aliphatic carbocycles. The van der Waals surface area contributed by atoms with E-state index < -0.39 is 24.3 Å². The van der Waals surface area contributed by atoms with Crippen LogP contribution in [0.5, 0.6) is 5.75 Å². The van der Waals surface area contributed by atoms with Gasteiger partial charge in [-0.3, -0.25) is 4.79 Å². The predicted octanol–water partition coefficient (Wildman–Crippen LogP) is 0.732. The number of rotatable bonds is 5. The van der Waals surface area contributed by atoms with Crippen molar-refractivity contribution in [2.45, 2.75) is 37.1 Å². The van der Waals surface area contributed by atoms with Crippen LogP contribution in [0.2, 0.25) is 0 Å². The summed E-state index contributed by atoms with van der Waals surface area (Å²) >= 11 is 0. The van der Waals surface area contributed by atoms with Crippen LogP contribution in [0.1, 0.15) is 29.2 Å². The minimum Gasteiger partial charge on any atom is -0.497 e. The van der Waals surface area contributed by atoms with Gasteiger partial charge < -0.3 is 30.2 Å². The minimum atomic E-state index is -1.13. The van der Waals surface area contributed by atoms with Crippen molar-refractivity contribution < 1.29 is 19.7 Å². The van der Waals surface area contributed by atoms with E-state index in [0.717, 1.165) is 0 Å². The van der Waals surface area contributed by atoms with Gasteiger partial charge in [-0.25, -0.2) is 15.0 Å².